The summed E-state index contributed by atoms with van der Waals surface area (Å²) in [7, 11) is 0. The molecule has 25 heavy (non-hydrogen) atoms. The number of hydrogen-bond acceptors (Lipinski definition) is 3. The summed E-state index contributed by atoms with van der Waals surface area (Å²) in [5.41, 5.74) is 0. The molecule has 2 aliphatic carbocycles. The van der Waals surface area contributed by atoms with Gasteiger partial charge in [0.15, 0.2) is 0 Å². The van der Waals surface area contributed by atoms with Gasteiger partial charge in [0.25, 0.3) is 0 Å². The third-order valence-electron chi connectivity index (χ3n) is 6.59. The van der Waals surface area contributed by atoms with Gasteiger partial charge in [-0.05, 0) is 31.6 Å². The number of aliphatic carboxylic acids is 1. The van der Waals surface area contributed by atoms with Crippen LogP contribution in [0.15, 0.2) is 0 Å². The van der Waals surface area contributed by atoms with Gasteiger partial charge in [0.1, 0.15) is 0 Å². The molecule has 0 unspecified atom stereocenters. The van der Waals surface area contributed by atoms with E-state index >= 15 is 0 Å². The Balaban J connectivity index is 1.65. The lowest BCUT2D eigenvalue weighted by Crippen LogP contribution is -2.51. The first kappa shape index (κ1) is 18.7. The fourth-order valence-electron chi connectivity index (χ4n) is 5.21. The quantitative estimate of drug-likeness (QED) is 0.827. The number of hydrogen-bond donors (Lipinski definition) is 1. The van der Waals surface area contributed by atoms with Crippen LogP contribution in [-0.2, 0) is 9.59 Å². The number of carbonyl (C=O) groups is 2. The maximum atomic E-state index is 13.2. The van der Waals surface area contributed by atoms with Gasteiger partial charge in [0, 0.05) is 25.2 Å². The molecule has 3 aliphatic rings. The molecule has 1 heterocycles. The molecule has 0 aromatic carbocycles. The predicted octanol–water partition coefficient (Wildman–Crippen LogP) is 3.13. The number of carboxylic acids is 1. The Morgan fingerprint density at radius 2 is 1.44 bits per heavy atom. The van der Waals surface area contributed by atoms with Gasteiger partial charge >= 0.3 is 5.97 Å². The van der Waals surface area contributed by atoms with Gasteiger partial charge in [-0.1, -0.05) is 45.4 Å². The molecule has 0 radical (unpaired) electrons. The topological polar surface area (TPSA) is 60.9 Å². The zero-order valence-electron chi connectivity index (χ0n) is 15.7. The largest absolute Gasteiger partial charge is 0.481 e. The molecule has 142 valence electrons. The number of nitrogens with zero attached hydrogens (tertiary/aromatic N) is 2. The summed E-state index contributed by atoms with van der Waals surface area (Å²) in [6.07, 6.45) is 12.2. The van der Waals surface area contributed by atoms with Crippen LogP contribution in [0.25, 0.3) is 0 Å². The number of likely N-dealkylation sites (tertiary alicyclic amines) is 1. The Bertz CT molecular complexity index is 452. The second-order valence-electron chi connectivity index (χ2n) is 8.50. The Kier molecular flexibility index (Phi) is 6.37. The molecule has 0 bridgehead atoms. The van der Waals surface area contributed by atoms with E-state index in [1.807, 2.05) is 6.92 Å². The zero-order valence-corrected chi connectivity index (χ0v) is 15.7. The normalized spacial score (nSPS) is 29.6. The average molecular weight is 351 g/mol. The van der Waals surface area contributed by atoms with E-state index in [0.29, 0.717) is 25.2 Å². The Labute approximate surface area is 151 Å². The molecule has 1 aliphatic heterocycles. The number of amides is 1. The van der Waals surface area contributed by atoms with Gasteiger partial charge in [-0.25, -0.2) is 0 Å². The molecule has 1 amide bonds. The van der Waals surface area contributed by atoms with E-state index in [0.717, 1.165) is 32.2 Å². The molecule has 1 saturated heterocycles. The molecule has 0 spiro atoms. The van der Waals surface area contributed by atoms with E-state index in [1.54, 1.807) is 0 Å². The van der Waals surface area contributed by atoms with Crippen LogP contribution in [-0.4, -0.2) is 58.5 Å². The maximum absolute atomic E-state index is 13.2. The highest BCUT2D eigenvalue weighted by atomic mass is 16.4. The van der Waals surface area contributed by atoms with Crippen LogP contribution in [0.2, 0.25) is 0 Å². The second kappa shape index (κ2) is 8.52. The van der Waals surface area contributed by atoms with Crippen molar-refractivity contribution in [1.82, 2.24) is 9.80 Å². The molecule has 2 atom stereocenters. The summed E-state index contributed by atoms with van der Waals surface area (Å²) >= 11 is 0. The molecule has 2 saturated carbocycles. The first-order valence-corrected chi connectivity index (χ1v) is 10.3. The van der Waals surface area contributed by atoms with Crippen LogP contribution in [0.1, 0.15) is 71.1 Å². The van der Waals surface area contributed by atoms with E-state index in [9.17, 15) is 14.7 Å². The molecule has 5 nitrogen and oxygen atoms in total. The van der Waals surface area contributed by atoms with E-state index in [4.69, 9.17) is 0 Å². The standard InChI is InChI=1S/C20H34N2O3/c1-15-12-21(13-18(15)20(24)25)14-19(23)22(16-8-4-2-5-9-16)17-10-6-3-7-11-17/h15-18H,2-14H2,1H3,(H,24,25)/t15-,18-/m1/s1. The van der Waals surface area contributed by atoms with Crippen molar-refractivity contribution in [3.63, 3.8) is 0 Å². The lowest BCUT2D eigenvalue weighted by atomic mass is 9.88. The molecule has 5 heteroatoms. The van der Waals surface area contributed by atoms with Crippen molar-refractivity contribution < 1.29 is 14.7 Å². The summed E-state index contributed by atoms with van der Waals surface area (Å²) in [5.74, 6) is -0.676. The van der Waals surface area contributed by atoms with Gasteiger partial charge in [-0.2, -0.15) is 0 Å². The van der Waals surface area contributed by atoms with Crippen molar-refractivity contribution >= 4 is 11.9 Å². The molecular weight excluding hydrogens is 316 g/mol. The van der Waals surface area contributed by atoms with E-state index in [-0.39, 0.29) is 17.7 Å². The van der Waals surface area contributed by atoms with E-state index < -0.39 is 5.97 Å². The van der Waals surface area contributed by atoms with Crippen LogP contribution >= 0.6 is 0 Å². The Hall–Kier alpha value is -1.10. The summed E-state index contributed by atoms with van der Waals surface area (Å²) in [5, 5.41) is 9.33. The zero-order chi connectivity index (χ0) is 17.8. The summed E-state index contributed by atoms with van der Waals surface area (Å²) in [6.45, 7) is 3.64. The molecule has 3 rings (SSSR count). The average Bonchev–Trinajstić information content (AvgIpc) is 2.97. The molecular formula is C20H34N2O3. The highest BCUT2D eigenvalue weighted by molar-refractivity contribution is 5.79. The Morgan fingerprint density at radius 1 is 0.920 bits per heavy atom. The summed E-state index contributed by atoms with van der Waals surface area (Å²) < 4.78 is 0. The van der Waals surface area contributed by atoms with Crippen molar-refractivity contribution in [2.45, 2.75) is 83.2 Å². The minimum atomic E-state index is -0.723. The lowest BCUT2D eigenvalue weighted by molar-refractivity contribution is -0.143. The smallest absolute Gasteiger partial charge is 0.308 e. The third-order valence-corrected chi connectivity index (χ3v) is 6.59. The second-order valence-corrected chi connectivity index (χ2v) is 8.50. The van der Waals surface area contributed by atoms with Crippen molar-refractivity contribution in [3.8, 4) is 0 Å². The van der Waals surface area contributed by atoms with Gasteiger partial charge in [-0.15, -0.1) is 0 Å². The minimum Gasteiger partial charge on any atom is -0.481 e. The van der Waals surface area contributed by atoms with Crippen LogP contribution in [0.5, 0.6) is 0 Å². The minimum absolute atomic E-state index is 0.128. The van der Waals surface area contributed by atoms with Crippen LogP contribution in [0.3, 0.4) is 0 Å². The number of carbonyl (C=O) groups excluding carboxylic acids is 1. The monoisotopic (exact) mass is 350 g/mol. The van der Waals surface area contributed by atoms with Crippen molar-refractivity contribution in [3.05, 3.63) is 0 Å². The van der Waals surface area contributed by atoms with Crippen molar-refractivity contribution in [1.29, 1.82) is 0 Å². The first-order valence-electron chi connectivity index (χ1n) is 10.3. The lowest BCUT2D eigenvalue weighted by Gasteiger charge is -2.42. The summed E-state index contributed by atoms with van der Waals surface area (Å²) in [6, 6.07) is 0.833. The molecule has 0 aromatic heterocycles. The predicted molar refractivity (Wildman–Crippen MR) is 97.3 cm³/mol. The Morgan fingerprint density at radius 3 is 1.88 bits per heavy atom. The first-order chi connectivity index (χ1) is 12.1. The maximum Gasteiger partial charge on any atom is 0.308 e. The SMILES string of the molecule is C[C@@H]1CN(CC(=O)N(C2CCCCC2)C2CCCCC2)C[C@H]1C(=O)O. The van der Waals surface area contributed by atoms with E-state index in [2.05, 4.69) is 9.80 Å². The van der Waals surface area contributed by atoms with Crippen LogP contribution in [0.4, 0.5) is 0 Å². The van der Waals surface area contributed by atoms with Crippen LogP contribution < -0.4 is 0 Å². The molecule has 3 fully saturated rings. The van der Waals surface area contributed by atoms with Crippen molar-refractivity contribution in [2.75, 3.05) is 19.6 Å². The highest BCUT2D eigenvalue weighted by Crippen LogP contribution is 2.31. The fourth-order valence-corrected chi connectivity index (χ4v) is 5.21. The van der Waals surface area contributed by atoms with Crippen molar-refractivity contribution in [2.24, 2.45) is 11.8 Å². The van der Waals surface area contributed by atoms with Gasteiger partial charge in [0.2, 0.25) is 5.91 Å². The molecule has 1 N–H and O–H groups in total. The van der Waals surface area contributed by atoms with Gasteiger partial charge in [-0.3, -0.25) is 14.5 Å². The van der Waals surface area contributed by atoms with Crippen LogP contribution in [0, 0.1) is 11.8 Å². The van der Waals surface area contributed by atoms with E-state index in [1.165, 1.54) is 38.5 Å². The third kappa shape index (κ3) is 4.55. The fraction of sp³-hybridized carbons (Fsp3) is 0.900. The summed E-state index contributed by atoms with van der Waals surface area (Å²) in [4.78, 5) is 28.9. The highest BCUT2D eigenvalue weighted by Gasteiger charge is 2.38. The number of rotatable bonds is 5. The van der Waals surface area contributed by atoms with Gasteiger partial charge < -0.3 is 10.0 Å². The number of carboxylic acid groups (broad SMARTS) is 1. The molecule has 0 aromatic rings. The van der Waals surface area contributed by atoms with Gasteiger partial charge in [0.05, 0.1) is 12.5 Å².